The van der Waals surface area contributed by atoms with Crippen molar-refractivity contribution in [1.29, 1.82) is 0 Å². The minimum absolute atomic E-state index is 0.130. The van der Waals surface area contributed by atoms with E-state index in [0.717, 1.165) is 51.6 Å². The van der Waals surface area contributed by atoms with E-state index in [0.29, 0.717) is 26.4 Å². The number of unbranched alkanes of at least 4 members (excludes halogenated alkanes) is 2. The lowest BCUT2D eigenvalue weighted by molar-refractivity contribution is 0.0219. The SMILES string of the molecule is CCCCOP(=O)(OCCCC)C(CCC)N1CCOCC1. The van der Waals surface area contributed by atoms with Gasteiger partial charge < -0.3 is 13.8 Å². The molecule has 0 amide bonds. The topological polar surface area (TPSA) is 48.0 Å². The first-order valence-corrected chi connectivity index (χ1v) is 10.5. The molecule has 0 aliphatic carbocycles. The summed E-state index contributed by atoms with van der Waals surface area (Å²) in [5, 5.41) is 0. The molecule has 1 heterocycles. The molecule has 1 atom stereocenters. The first-order valence-electron chi connectivity index (χ1n) is 8.88. The fraction of sp³-hybridized carbons (Fsp3) is 1.00. The highest BCUT2D eigenvalue weighted by molar-refractivity contribution is 7.54. The number of rotatable bonds is 12. The third kappa shape index (κ3) is 6.67. The van der Waals surface area contributed by atoms with Gasteiger partial charge in [0, 0.05) is 13.1 Å². The van der Waals surface area contributed by atoms with E-state index in [2.05, 4.69) is 25.7 Å². The second-order valence-electron chi connectivity index (χ2n) is 5.83. The molecular weight excluding hydrogens is 301 g/mol. The van der Waals surface area contributed by atoms with E-state index in [1.807, 2.05) is 0 Å². The second kappa shape index (κ2) is 11.6. The number of hydrogen-bond acceptors (Lipinski definition) is 5. The maximum absolute atomic E-state index is 13.4. The van der Waals surface area contributed by atoms with E-state index in [1.165, 1.54) is 0 Å². The largest absolute Gasteiger partial charge is 0.379 e. The predicted molar refractivity (Wildman–Crippen MR) is 90.4 cm³/mol. The van der Waals surface area contributed by atoms with Gasteiger partial charge >= 0.3 is 7.60 Å². The molecular formula is C16H34NO4P. The molecule has 0 saturated carbocycles. The van der Waals surface area contributed by atoms with Gasteiger partial charge in [-0.25, -0.2) is 0 Å². The van der Waals surface area contributed by atoms with Crippen LogP contribution in [0.1, 0.15) is 59.3 Å². The Hall–Kier alpha value is 0.0700. The zero-order valence-corrected chi connectivity index (χ0v) is 15.5. The van der Waals surface area contributed by atoms with E-state index in [9.17, 15) is 4.57 Å². The van der Waals surface area contributed by atoms with E-state index in [-0.39, 0.29) is 5.78 Å². The third-order valence-electron chi connectivity index (χ3n) is 3.92. The summed E-state index contributed by atoms with van der Waals surface area (Å²) < 4.78 is 30.5. The van der Waals surface area contributed by atoms with Crippen LogP contribution in [0.4, 0.5) is 0 Å². The number of ether oxygens (including phenoxy) is 1. The van der Waals surface area contributed by atoms with Crippen LogP contribution in [0.3, 0.4) is 0 Å². The standard InChI is InChI=1S/C16H34NO4P/c1-4-7-12-20-22(18,21-13-8-5-2)16(9-6-3)17-10-14-19-15-11-17/h16H,4-15H2,1-3H3. The number of morpholine rings is 1. The van der Waals surface area contributed by atoms with Crippen LogP contribution in [-0.4, -0.2) is 50.2 Å². The Bertz CT molecular complexity index is 307. The molecule has 1 aliphatic heterocycles. The van der Waals surface area contributed by atoms with E-state index >= 15 is 0 Å². The van der Waals surface area contributed by atoms with Gasteiger partial charge in [0.05, 0.1) is 26.4 Å². The van der Waals surface area contributed by atoms with Crippen LogP contribution in [0, 0.1) is 0 Å². The Balaban J connectivity index is 2.77. The van der Waals surface area contributed by atoms with Crippen LogP contribution in [0.15, 0.2) is 0 Å². The molecule has 1 aliphatic rings. The molecule has 5 nitrogen and oxygen atoms in total. The first kappa shape index (κ1) is 20.1. The quantitative estimate of drug-likeness (QED) is 0.394. The molecule has 1 unspecified atom stereocenters. The van der Waals surface area contributed by atoms with Crippen molar-refractivity contribution in [2.75, 3.05) is 39.5 Å². The minimum Gasteiger partial charge on any atom is -0.379 e. The average Bonchev–Trinajstić information content (AvgIpc) is 2.54. The molecule has 0 bridgehead atoms. The monoisotopic (exact) mass is 335 g/mol. The third-order valence-corrected chi connectivity index (χ3v) is 6.32. The fourth-order valence-electron chi connectivity index (χ4n) is 2.56. The maximum atomic E-state index is 13.4. The van der Waals surface area contributed by atoms with Crippen molar-refractivity contribution in [2.45, 2.75) is 65.1 Å². The Morgan fingerprint density at radius 3 is 2.00 bits per heavy atom. The molecule has 0 spiro atoms. The van der Waals surface area contributed by atoms with E-state index in [4.69, 9.17) is 13.8 Å². The van der Waals surface area contributed by atoms with Gasteiger partial charge in [0.2, 0.25) is 0 Å². The summed E-state index contributed by atoms with van der Waals surface area (Å²) >= 11 is 0. The lowest BCUT2D eigenvalue weighted by Crippen LogP contribution is -2.44. The normalized spacial score (nSPS) is 18.5. The summed E-state index contributed by atoms with van der Waals surface area (Å²) in [6.07, 6.45) is 5.72. The van der Waals surface area contributed by atoms with Crippen LogP contribution < -0.4 is 0 Å². The molecule has 0 radical (unpaired) electrons. The maximum Gasteiger partial charge on any atom is 0.347 e. The highest BCUT2D eigenvalue weighted by Crippen LogP contribution is 2.56. The minimum atomic E-state index is -3.10. The summed E-state index contributed by atoms with van der Waals surface area (Å²) in [6.45, 7) is 10.4. The predicted octanol–water partition coefficient (Wildman–Crippen LogP) is 4.27. The average molecular weight is 335 g/mol. The van der Waals surface area contributed by atoms with Crippen molar-refractivity contribution in [3.05, 3.63) is 0 Å². The van der Waals surface area contributed by atoms with Crippen molar-refractivity contribution in [3.63, 3.8) is 0 Å². The zero-order valence-electron chi connectivity index (χ0n) is 14.6. The lowest BCUT2D eigenvalue weighted by atomic mass is 10.3. The van der Waals surface area contributed by atoms with Crippen LogP contribution in [0.5, 0.6) is 0 Å². The van der Waals surface area contributed by atoms with Gasteiger partial charge in [0.1, 0.15) is 5.78 Å². The van der Waals surface area contributed by atoms with Gasteiger partial charge in [-0.05, 0) is 19.3 Å². The summed E-state index contributed by atoms with van der Waals surface area (Å²) in [6, 6.07) is 0. The molecule has 0 N–H and O–H groups in total. The van der Waals surface area contributed by atoms with Crippen molar-refractivity contribution in [3.8, 4) is 0 Å². The summed E-state index contributed by atoms with van der Waals surface area (Å²) in [5.74, 6) is -0.130. The summed E-state index contributed by atoms with van der Waals surface area (Å²) in [4.78, 5) is 2.24. The molecule has 22 heavy (non-hydrogen) atoms. The van der Waals surface area contributed by atoms with E-state index < -0.39 is 7.60 Å². The number of nitrogens with zero attached hydrogens (tertiary/aromatic N) is 1. The second-order valence-corrected chi connectivity index (χ2v) is 8.02. The van der Waals surface area contributed by atoms with Gasteiger partial charge in [-0.3, -0.25) is 9.46 Å². The molecule has 1 saturated heterocycles. The Morgan fingerprint density at radius 1 is 1.00 bits per heavy atom. The van der Waals surface area contributed by atoms with Gasteiger partial charge in [-0.2, -0.15) is 0 Å². The molecule has 1 fully saturated rings. The Labute approximate surface area is 136 Å². The smallest absolute Gasteiger partial charge is 0.347 e. The Kier molecular flexibility index (Phi) is 10.6. The van der Waals surface area contributed by atoms with Gasteiger partial charge in [0.15, 0.2) is 0 Å². The van der Waals surface area contributed by atoms with Crippen molar-refractivity contribution in [1.82, 2.24) is 4.90 Å². The molecule has 0 aromatic heterocycles. The van der Waals surface area contributed by atoms with Gasteiger partial charge in [-0.15, -0.1) is 0 Å². The van der Waals surface area contributed by atoms with Crippen LogP contribution in [-0.2, 0) is 18.3 Å². The van der Waals surface area contributed by atoms with Crippen LogP contribution >= 0.6 is 7.60 Å². The highest BCUT2D eigenvalue weighted by Gasteiger charge is 2.40. The molecule has 132 valence electrons. The van der Waals surface area contributed by atoms with Crippen molar-refractivity contribution >= 4 is 7.60 Å². The van der Waals surface area contributed by atoms with Gasteiger partial charge in [0.25, 0.3) is 0 Å². The lowest BCUT2D eigenvalue weighted by Gasteiger charge is -2.37. The summed E-state index contributed by atoms with van der Waals surface area (Å²) in [5.41, 5.74) is 0. The highest BCUT2D eigenvalue weighted by atomic mass is 31.2. The first-order chi connectivity index (χ1) is 10.7. The van der Waals surface area contributed by atoms with Crippen LogP contribution in [0.2, 0.25) is 0 Å². The Morgan fingerprint density at radius 2 is 1.55 bits per heavy atom. The fourth-order valence-corrected chi connectivity index (χ4v) is 4.95. The molecule has 6 heteroatoms. The number of hydrogen-bond donors (Lipinski definition) is 0. The molecule has 0 aromatic carbocycles. The van der Waals surface area contributed by atoms with Crippen molar-refractivity contribution < 1.29 is 18.3 Å². The van der Waals surface area contributed by atoms with E-state index in [1.54, 1.807) is 0 Å². The van der Waals surface area contributed by atoms with Gasteiger partial charge in [-0.1, -0.05) is 40.0 Å². The zero-order chi connectivity index (χ0) is 16.3. The summed E-state index contributed by atoms with van der Waals surface area (Å²) in [7, 11) is -3.10. The molecule has 0 aromatic rings. The molecule has 1 rings (SSSR count). The van der Waals surface area contributed by atoms with Crippen LogP contribution in [0.25, 0.3) is 0 Å². The van der Waals surface area contributed by atoms with Crippen molar-refractivity contribution in [2.24, 2.45) is 0 Å².